The van der Waals surface area contributed by atoms with E-state index in [4.69, 9.17) is 19.4 Å². The molecule has 8 amide bonds. The van der Waals surface area contributed by atoms with Crippen molar-refractivity contribution in [3.05, 3.63) is 153 Å². The molecule has 0 fully saturated rings. The quantitative estimate of drug-likeness (QED) is 0.0150. The number of rotatable bonds is 22. The highest BCUT2D eigenvalue weighted by Gasteiger charge is 2.35. The van der Waals surface area contributed by atoms with Crippen LogP contribution in [0.25, 0.3) is 6.08 Å². The van der Waals surface area contributed by atoms with E-state index in [1.807, 2.05) is 42.5 Å². The average molecular weight is 1180 g/mol. The van der Waals surface area contributed by atoms with Gasteiger partial charge in [-0.1, -0.05) is 36.0 Å². The Balaban J connectivity index is 0.00000338. The normalized spacial score (nSPS) is 13.5. The lowest BCUT2D eigenvalue weighted by Gasteiger charge is -2.22. The Kier molecular flexibility index (Phi) is 22.1. The minimum atomic E-state index is -0.757. The number of phenols is 1. The van der Waals surface area contributed by atoms with Crippen molar-refractivity contribution in [2.45, 2.75) is 6.92 Å². The molecule has 0 radical (unpaired) electrons. The molecule has 0 saturated heterocycles. The fourth-order valence-corrected chi connectivity index (χ4v) is 9.22. The van der Waals surface area contributed by atoms with Crippen molar-refractivity contribution in [1.82, 2.24) is 31.1 Å². The van der Waals surface area contributed by atoms with Gasteiger partial charge in [-0.3, -0.25) is 38.8 Å². The first kappa shape index (κ1) is 61.9. The molecule has 0 spiro atoms. The molecule has 27 heteroatoms. The van der Waals surface area contributed by atoms with Crippen LogP contribution in [0.5, 0.6) is 11.5 Å². The van der Waals surface area contributed by atoms with Gasteiger partial charge >= 0.3 is 18.0 Å². The maximum atomic E-state index is 13.6. The smallest absolute Gasteiger partial charge is 0.344 e. The SMILES string of the molecule is CCOC(=O)C1=C(Nc2ccccc2)S/C(=C\c2ccc(OCCNC(=O)CN(C)C(=O)CN(C)C(=O)CNC(=O)c3cc(NC(=O)Nc4ccc(C5=NCCN5)cc4)cc(NC(=O)Nc4ccc(C5=NCCN5)cc4)c3)c(O)c2)C1=O.O=CO. The van der Waals surface area contributed by atoms with Gasteiger partial charge in [-0.2, -0.15) is 0 Å². The van der Waals surface area contributed by atoms with Gasteiger partial charge in [0.25, 0.3) is 12.4 Å². The van der Waals surface area contributed by atoms with Gasteiger partial charge in [0.1, 0.15) is 23.9 Å². The maximum Gasteiger partial charge on any atom is 0.344 e. The highest BCUT2D eigenvalue weighted by molar-refractivity contribution is 8.08. The van der Waals surface area contributed by atoms with E-state index in [0.717, 1.165) is 57.4 Å². The Morgan fingerprint density at radius 1 is 0.694 bits per heavy atom. The van der Waals surface area contributed by atoms with Crippen molar-refractivity contribution < 1.29 is 62.8 Å². The highest BCUT2D eigenvalue weighted by atomic mass is 32.2. The number of phenolic OH excluding ortho intramolecular Hbond substituents is 1. The third kappa shape index (κ3) is 18.1. The number of esters is 1. The summed E-state index contributed by atoms with van der Waals surface area (Å²) in [4.78, 5) is 125. The molecule has 85 heavy (non-hydrogen) atoms. The Bertz CT molecular complexity index is 3350. The standard InChI is InChI=1S/C57H59N13O11S.CH2O2/c1-4-80-55(77)49-50(75)45(82-54(49)64-38-8-6-5-7-9-38)27-34-10-19-44(43(71)26-34)81-25-24-58-46(72)32-69(2)48(74)33-70(3)47(73)31-63-53(76)37-28-41(67-56(78)65-39-15-11-35(12-16-39)51-59-20-21-60-51)30-42(29-37)68-57(79)66-40-17-13-36(14-18-40)52-61-22-23-62-52;2-1-3/h5-19,26-30,64,71H,4,20-25,31-33H2,1-3H3,(H,58,72)(H,59,60)(H,61,62)(H,63,76)(H2,65,67,78)(H2,66,68,79);1H,(H,2,3)/b45-27-;. The molecule has 5 aromatic carbocycles. The number of hydrogen-bond donors (Lipinski definition) is 11. The number of allylic oxidation sites excluding steroid dienone is 1. The number of hydrogen-bond acceptors (Lipinski definition) is 18. The number of benzene rings is 5. The first-order chi connectivity index (χ1) is 41.0. The van der Waals surface area contributed by atoms with E-state index >= 15 is 0 Å². The summed E-state index contributed by atoms with van der Waals surface area (Å²) < 4.78 is 10.8. The van der Waals surface area contributed by atoms with Crippen molar-refractivity contribution in [2.75, 3.05) is 106 Å². The van der Waals surface area contributed by atoms with E-state index in [2.05, 4.69) is 57.8 Å². The Morgan fingerprint density at radius 3 is 1.80 bits per heavy atom. The Labute approximate surface area is 491 Å². The third-order valence-electron chi connectivity index (χ3n) is 12.3. The summed E-state index contributed by atoms with van der Waals surface area (Å²) in [5, 5.41) is 43.5. The number of thioether (sulfide) groups is 1. The number of carbonyl (C=O) groups excluding carboxylic acids is 8. The number of likely N-dealkylation sites (N-methyl/N-ethyl adjacent to an activating group) is 2. The molecule has 442 valence electrons. The number of anilines is 5. The summed E-state index contributed by atoms with van der Waals surface area (Å²) in [6.07, 6.45) is 1.53. The zero-order chi connectivity index (χ0) is 60.8. The molecule has 8 rings (SSSR count). The van der Waals surface area contributed by atoms with Crippen LogP contribution in [0.2, 0.25) is 0 Å². The number of nitrogens with one attached hydrogen (secondary N) is 9. The van der Waals surface area contributed by atoms with Gasteiger partial charge in [0.2, 0.25) is 23.5 Å². The van der Waals surface area contributed by atoms with E-state index in [9.17, 15) is 43.5 Å². The van der Waals surface area contributed by atoms with Crippen molar-refractivity contribution in [2.24, 2.45) is 9.98 Å². The zero-order valence-corrected chi connectivity index (χ0v) is 47.1. The van der Waals surface area contributed by atoms with Crippen LogP contribution in [-0.4, -0.2) is 165 Å². The number of amidine groups is 2. The maximum absolute atomic E-state index is 13.6. The lowest BCUT2D eigenvalue weighted by atomic mass is 10.1. The minimum Gasteiger partial charge on any atom is -0.504 e. The van der Waals surface area contributed by atoms with Gasteiger partial charge in [0, 0.05) is 72.3 Å². The van der Waals surface area contributed by atoms with Crippen LogP contribution in [0.3, 0.4) is 0 Å². The number of Topliss-reactive ketones (excluding diaryl/α,β-unsaturated/α-hetero) is 1. The van der Waals surface area contributed by atoms with E-state index < -0.39 is 60.5 Å². The molecule has 3 heterocycles. The van der Waals surface area contributed by atoms with Crippen LogP contribution >= 0.6 is 11.8 Å². The summed E-state index contributed by atoms with van der Waals surface area (Å²) in [5.74, 6) is -2.41. The largest absolute Gasteiger partial charge is 0.504 e. The van der Waals surface area contributed by atoms with E-state index in [1.54, 1.807) is 49.4 Å². The Hall–Kier alpha value is -10.7. The predicted octanol–water partition coefficient (Wildman–Crippen LogP) is 4.47. The number of urea groups is 2. The molecule has 3 aliphatic heterocycles. The van der Waals surface area contributed by atoms with Crippen molar-refractivity contribution in [3.8, 4) is 11.5 Å². The van der Waals surface area contributed by atoms with Gasteiger partial charge in [-0.25, -0.2) is 14.4 Å². The molecule has 0 saturated carbocycles. The van der Waals surface area contributed by atoms with Gasteiger partial charge in [0.15, 0.2) is 11.5 Å². The van der Waals surface area contributed by atoms with Crippen molar-refractivity contribution in [1.29, 1.82) is 0 Å². The molecule has 26 nitrogen and oxygen atoms in total. The lowest BCUT2D eigenvalue weighted by Crippen LogP contribution is -2.46. The minimum absolute atomic E-state index is 0.000864. The molecular weight excluding hydrogens is 1120 g/mol. The summed E-state index contributed by atoms with van der Waals surface area (Å²) in [6.45, 7) is 2.91. The second kappa shape index (κ2) is 30.4. The Morgan fingerprint density at radius 2 is 1.26 bits per heavy atom. The molecule has 3 aliphatic rings. The number of amides is 8. The second-order valence-electron chi connectivity index (χ2n) is 18.5. The fourth-order valence-electron chi connectivity index (χ4n) is 8.17. The number of ketones is 1. The molecule has 0 aromatic heterocycles. The van der Waals surface area contributed by atoms with Crippen molar-refractivity contribution in [3.63, 3.8) is 0 Å². The first-order valence-corrected chi connectivity index (χ1v) is 27.1. The van der Waals surface area contributed by atoms with Crippen LogP contribution in [-0.2, 0) is 33.5 Å². The number of para-hydroxylation sites is 1. The number of nitrogens with zero attached hydrogens (tertiary/aromatic N) is 4. The molecule has 5 aromatic rings. The van der Waals surface area contributed by atoms with Crippen LogP contribution in [0.1, 0.15) is 34.0 Å². The van der Waals surface area contributed by atoms with E-state index in [-0.39, 0.29) is 71.7 Å². The van der Waals surface area contributed by atoms with Gasteiger partial charge in [-0.15, -0.1) is 0 Å². The molecule has 0 unspecified atom stereocenters. The van der Waals surface area contributed by atoms with Crippen LogP contribution in [0.15, 0.2) is 141 Å². The number of aliphatic imine (C=N–C) groups is 2. The topological polar surface area (TPSA) is 352 Å². The second-order valence-corrected chi connectivity index (χ2v) is 19.5. The monoisotopic (exact) mass is 1180 g/mol. The van der Waals surface area contributed by atoms with Gasteiger partial charge < -0.3 is 77.3 Å². The molecular formula is C58H61N13O13S. The third-order valence-corrected chi connectivity index (χ3v) is 13.3. The molecule has 0 aliphatic carbocycles. The van der Waals surface area contributed by atoms with E-state index in [1.165, 1.54) is 50.5 Å². The predicted molar refractivity (Wildman–Crippen MR) is 321 cm³/mol. The van der Waals surface area contributed by atoms with Gasteiger partial charge in [0.05, 0.1) is 55.8 Å². The zero-order valence-electron chi connectivity index (χ0n) is 46.3. The first-order valence-electron chi connectivity index (χ1n) is 26.3. The number of aromatic hydroxyl groups is 1. The van der Waals surface area contributed by atoms with Crippen molar-refractivity contribution >= 4 is 112 Å². The molecule has 0 atom stereocenters. The van der Waals surface area contributed by atoms with E-state index in [0.29, 0.717) is 40.7 Å². The summed E-state index contributed by atoms with van der Waals surface area (Å²) in [7, 11) is 2.74. The molecule has 11 N–H and O–H groups in total. The summed E-state index contributed by atoms with van der Waals surface area (Å²) >= 11 is 1.06. The summed E-state index contributed by atoms with van der Waals surface area (Å²) in [5.41, 5.74) is 3.88. The average Bonchev–Trinajstić information content (AvgIpc) is 4.36. The van der Waals surface area contributed by atoms with Crippen LogP contribution in [0, 0.1) is 0 Å². The number of carboxylic acid groups (broad SMARTS) is 1. The summed E-state index contributed by atoms with van der Waals surface area (Å²) in [6, 6.07) is 30.5. The molecule has 0 bridgehead atoms. The highest BCUT2D eigenvalue weighted by Crippen LogP contribution is 2.41. The number of ether oxygens (including phenoxy) is 2. The van der Waals surface area contributed by atoms with Crippen LogP contribution in [0.4, 0.5) is 38.0 Å². The van der Waals surface area contributed by atoms with Gasteiger partial charge in [-0.05, 0) is 110 Å². The lowest BCUT2D eigenvalue weighted by molar-refractivity contribution is -0.139. The van der Waals surface area contributed by atoms with Crippen LogP contribution < -0.4 is 52.6 Å². The number of carbonyl (C=O) groups is 9. The fraction of sp³-hybridized carbons (Fsp3) is 0.224.